The summed E-state index contributed by atoms with van der Waals surface area (Å²) < 4.78 is 23.9. The van der Waals surface area contributed by atoms with Gasteiger partial charge in [-0.15, -0.1) is 11.3 Å². The van der Waals surface area contributed by atoms with Gasteiger partial charge in [-0.1, -0.05) is 6.42 Å². The van der Waals surface area contributed by atoms with Crippen LogP contribution in [0.5, 0.6) is 0 Å². The highest BCUT2D eigenvalue weighted by Crippen LogP contribution is 2.41. The van der Waals surface area contributed by atoms with Gasteiger partial charge in [0.15, 0.2) is 9.84 Å². The van der Waals surface area contributed by atoms with Crippen LogP contribution in [0, 0.1) is 5.92 Å². The normalized spacial score (nSPS) is 15.9. The largest absolute Gasteiger partial charge is 0.396 e. The number of hydrogen-bond acceptors (Lipinski definition) is 6. The highest BCUT2D eigenvalue weighted by molar-refractivity contribution is 7.91. The number of nitrogen functional groups attached to an aromatic ring is 1. The quantitative estimate of drug-likeness (QED) is 0.845. The first-order valence-corrected chi connectivity index (χ1v) is 9.06. The number of hydrogen-bond donors (Lipinski definition) is 2. The second-order valence-electron chi connectivity index (χ2n) is 5.29. The number of carbonyl (C=O) groups excluding carboxylic acids is 1. The summed E-state index contributed by atoms with van der Waals surface area (Å²) in [6.45, 7) is 0.765. The molecule has 20 heavy (non-hydrogen) atoms. The predicted octanol–water partition coefficient (Wildman–Crippen LogP) is 1.07. The average Bonchev–Trinajstić information content (AvgIpc) is 2.60. The first-order chi connectivity index (χ1) is 9.21. The second kappa shape index (κ2) is 5.25. The molecule has 0 unspecified atom stereocenters. The van der Waals surface area contributed by atoms with E-state index in [0.29, 0.717) is 10.9 Å². The molecule has 0 saturated heterocycles. The molecule has 8 heteroatoms. The van der Waals surface area contributed by atoms with Crippen molar-refractivity contribution in [2.24, 2.45) is 11.7 Å². The lowest BCUT2D eigenvalue weighted by molar-refractivity contribution is 0.100. The van der Waals surface area contributed by atoms with Gasteiger partial charge >= 0.3 is 0 Å². The zero-order valence-corrected chi connectivity index (χ0v) is 13.2. The molecule has 0 radical (unpaired) electrons. The maximum atomic E-state index is 11.9. The molecule has 0 bridgehead atoms. The summed E-state index contributed by atoms with van der Waals surface area (Å²) in [7, 11) is -1.69. The SMILES string of the molecule is CN(CC1CCC1)c1sc(C(N)=O)c(N)c1S(C)(=O)=O. The van der Waals surface area contributed by atoms with Gasteiger partial charge in [0.05, 0.1) is 5.69 Å². The first-order valence-electron chi connectivity index (χ1n) is 6.35. The van der Waals surface area contributed by atoms with Gasteiger partial charge in [0, 0.05) is 19.8 Å². The van der Waals surface area contributed by atoms with Crippen LogP contribution in [-0.2, 0) is 9.84 Å². The fourth-order valence-electron chi connectivity index (χ4n) is 2.35. The van der Waals surface area contributed by atoms with Crippen molar-refractivity contribution in [1.29, 1.82) is 0 Å². The molecule has 6 nitrogen and oxygen atoms in total. The van der Waals surface area contributed by atoms with Gasteiger partial charge in [0.2, 0.25) is 0 Å². The number of nitrogens with two attached hydrogens (primary N) is 2. The number of nitrogens with zero attached hydrogens (tertiary/aromatic N) is 1. The Balaban J connectivity index is 2.44. The van der Waals surface area contributed by atoms with Crippen molar-refractivity contribution in [3.63, 3.8) is 0 Å². The lowest BCUT2D eigenvalue weighted by Gasteiger charge is -2.30. The Labute approximate surface area is 122 Å². The Kier molecular flexibility index (Phi) is 3.97. The summed E-state index contributed by atoms with van der Waals surface area (Å²) >= 11 is 1.05. The highest BCUT2D eigenvalue weighted by Gasteiger charge is 2.29. The number of anilines is 2. The zero-order valence-electron chi connectivity index (χ0n) is 11.5. The van der Waals surface area contributed by atoms with Crippen molar-refractivity contribution in [3.8, 4) is 0 Å². The Bertz CT molecular complexity index is 633. The number of carbonyl (C=O) groups is 1. The smallest absolute Gasteiger partial charge is 0.261 e. The third-order valence-corrected chi connectivity index (χ3v) is 6.20. The lowest BCUT2D eigenvalue weighted by atomic mass is 9.85. The van der Waals surface area contributed by atoms with Crippen LogP contribution in [0.4, 0.5) is 10.7 Å². The molecular weight excluding hydrogens is 298 g/mol. The van der Waals surface area contributed by atoms with Crippen molar-refractivity contribution < 1.29 is 13.2 Å². The van der Waals surface area contributed by atoms with E-state index in [1.54, 1.807) is 0 Å². The fourth-order valence-corrected chi connectivity index (χ4v) is 4.91. The minimum atomic E-state index is -3.51. The summed E-state index contributed by atoms with van der Waals surface area (Å²) in [5.41, 5.74) is 11.0. The summed E-state index contributed by atoms with van der Waals surface area (Å²) in [6, 6.07) is 0. The van der Waals surface area contributed by atoms with E-state index >= 15 is 0 Å². The van der Waals surface area contributed by atoms with Crippen molar-refractivity contribution in [1.82, 2.24) is 0 Å². The Hall–Kier alpha value is -1.28. The molecule has 1 fully saturated rings. The molecule has 2 rings (SSSR count). The molecule has 0 atom stereocenters. The monoisotopic (exact) mass is 317 g/mol. The Morgan fingerprint density at radius 1 is 1.45 bits per heavy atom. The second-order valence-corrected chi connectivity index (χ2v) is 8.24. The molecule has 1 aromatic rings. The van der Waals surface area contributed by atoms with Crippen LogP contribution in [-0.4, -0.2) is 34.2 Å². The van der Waals surface area contributed by atoms with Crippen LogP contribution >= 0.6 is 11.3 Å². The minimum absolute atomic E-state index is 0.0260. The van der Waals surface area contributed by atoms with E-state index in [9.17, 15) is 13.2 Å². The van der Waals surface area contributed by atoms with Gasteiger partial charge in [-0.2, -0.15) is 0 Å². The number of amides is 1. The van der Waals surface area contributed by atoms with Gasteiger partial charge in [-0.05, 0) is 18.8 Å². The molecule has 1 aliphatic carbocycles. The average molecular weight is 317 g/mol. The van der Waals surface area contributed by atoms with Gasteiger partial charge < -0.3 is 16.4 Å². The van der Waals surface area contributed by atoms with Crippen molar-refractivity contribution in [2.45, 2.75) is 24.2 Å². The first kappa shape index (κ1) is 15.1. The van der Waals surface area contributed by atoms with Crippen LogP contribution in [0.3, 0.4) is 0 Å². The van der Waals surface area contributed by atoms with Crippen LogP contribution < -0.4 is 16.4 Å². The van der Waals surface area contributed by atoms with Gasteiger partial charge in [-0.25, -0.2) is 8.42 Å². The number of thiophene rings is 1. The maximum Gasteiger partial charge on any atom is 0.261 e. The van der Waals surface area contributed by atoms with Gasteiger partial charge in [0.1, 0.15) is 14.8 Å². The van der Waals surface area contributed by atoms with Crippen LogP contribution in [0.15, 0.2) is 4.90 Å². The van der Waals surface area contributed by atoms with E-state index in [1.165, 1.54) is 6.42 Å². The van der Waals surface area contributed by atoms with Crippen molar-refractivity contribution in [2.75, 3.05) is 30.5 Å². The topological polar surface area (TPSA) is 106 Å². The fraction of sp³-hybridized carbons (Fsp3) is 0.583. The molecule has 0 aliphatic heterocycles. The summed E-state index contributed by atoms with van der Waals surface area (Å²) in [5.74, 6) is -0.117. The molecular formula is C12H19N3O3S2. The van der Waals surface area contributed by atoms with E-state index in [0.717, 1.165) is 37.0 Å². The zero-order chi connectivity index (χ0) is 15.1. The van der Waals surface area contributed by atoms with E-state index in [2.05, 4.69) is 0 Å². The third kappa shape index (κ3) is 2.76. The van der Waals surface area contributed by atoms with E-state index in [4.69, 9.17) is 11.5 Å². The van der Waals surface area contributed by atoms with Crippen LogP contribution in [0.1, 0.15) is 28.9 Å². The van der Waals surface area contributed by atoms with E-state index in [1.807, 2.05) is 11.9 Å². The highest BCUT2D eigenvalue weighted by atomic mass is 32.2. The number of sulfone groups is 1. The number of rotatable bonds is 5. The molecule has 4 N–H and O–H groups in total. The number of primary amides is 1. The van der Waals surface area contributed by atoms with E-state index < -0.39 is 15.7 Å². The molecule has 1 saturated carbocycles. The van der Waals surface area contributed by atoms with E-state index in [-0.39, 0.29) is 15.5 Å². The Morgan fingerprint density at radius 2 is 2.05 bits per heavy atom. The molecule has 0 spiro atoms. The Morgan fingerprint density at radius 3 is 2.45 bits per heavy atom. The van der Waals surface area contributed by atoms with Gasteiger partial charge in [0.25, 0.3) is 5.91 Å². The maximum absolute atomic E-state index is 11.9. The van der Waals surface area contributed by atoms with Gasteiger partial charge in [-0.3, -0.25) is 4.79 Å². The molecule has 1 heterocycles. The summed E-state index contributed by atoms with van der Waals surface area (Å²) in [5, 5.41) is 0.505. The lowest BCUT2D eigenvalue weighted by Crippen LogP contribution is -2.29. The van der Waals surface area contributed by atoms with Crippen molar-refractivity contribution in [3.05, 3.63) is 4.88 Å². The molecule has 112 valence electrons. The molecule has 0 aromatic carbocycles. The standard InChI is InChI=1S/C12H19N3O3S2/c1-15(6-7-4-3-5-7)12-10(20(2,17)18)8(13)9(19-12)11(14)16/h7H,3-6,13H2,1-2H3,(H2,14,16). The third-order valence-electron chi connectivity index (χ3n) is 3.58. The minimum Gasteiger partial charge on any atom is -0.396 e. The summed E-state index contributed by atoms with van der Waals surface area (Å²) in [6.07, 6.45) is 4.62. The van der Waals surface area contributed by atoms with Crippen LogP contribution in [0.25, 0.3) is 0 Å². The van der Waals surface area contributed by atoms with Crippen LogP contribution in [0.2, 0.25) is 0 Å². The van der Waals surface area contributed by atoms with Crippen molar-refractivity contribution >= 4 is 37.8 Å². The molecule has 1 aromatic heterocycles. The molecule has 1 amide bonds. The molecule has 1 aliphatic rings. The predicted molar refractivity (Wildman–Crippen MR) is 81.0 cm³/mol. The summed E-state index contributed by atoms with van der Waals surface area (Å²) in [4.78, 5) is 13.4.